The molecule has 2 aromatic carbocycles. The minimum Gasteiger partial charge on any atom is -0.383 e. The monoisotopic (exact) mass is 460 g/mol. The molecule has 2 amide bonds. The highest BCUT2D eigenvalue weighted by molar-refractivity contribution is 7.14. The molecule has 2 heterocycles. The van der Waals surface area contributed by atoms with E-state index < -0.39 is 18.1 Å². The largest absolute Gasteiger partial charge is 0.383 e. The van der Waals surface area contributed by atoms with Gasteiger partial charge in [-0.3, -0.25) is 9.59 Å². The molecule has 0 aliphatic carbocycles. The molecule has 4 aromatic rings. The number of hydrogen-bond donors (Lipinski definition) is 4. The third-order valence-electron chi connectivity index (χ3n) is 5.33. The van der Waals surface area contributed by atoms with Crippen LogP contribution in [-0.2, 0) is 11.2 Å². The summed E-state index contributed by atoms with van der Waals surface area (Å²) in [6.07, 6.45) is 0.921. The summed E-state index contributed by atoms with van der Waals surface area (Å²) in [4.78, 5) is 31.5. The highest BCUT2D eigenvalue weighted by atomic mass is 32.1. The number of aliphatic hydroxyl groups is 1. The molecule has 0 radical (unpaired) electrons. The number of nitrogens with zero attached hydrogens (tertiary/aromatic N) is 1. The molecule has 7 nitrogen and oxygen atoms in total. The number of carbonyl (C=O) groups is 2. The maximum absolute atomic E-state index is 13.0. The van der Waals surface area contributed by atoms with Gasteiger partial charge in [0.15, 0.2) is 6.10 Å². The SMILES string of the molecule is CCc1ccc(C(=O)NC(c2ccccc2)C(O)C(=O)Nc2ccc3ccnc(N)c3c2)s1. The molecule has 33 heavy (non-hydrogen) atoms. The third-order valence-corrected chi connectivity index (χ3v) is 6.56. The Balaban J connectivity index is 1.56. The van der Waals surface area contributed by atoms with Crippen molar-refractivity contribution in [2.75, 3.05) is 11.1 Å². The molecule has 0 spiro atoms. The van der Waals surface area contributed by atoms with Crippen molar-refractivity contribution in [3.8, 4) is 0 Å². The van der Waals surface area contributed by atoms with Crippen LogP contribution in [0, 0.1) is 0 Å². The summed E-state index contributed by atoms with van der Waals surface area (Å²) in [7, 11) is 0. The Hall–Kier alpha value is -3.75. The summed E-state index contributed by atoms with van der Waals surface area (Å²) < 4.78 is 0. The molecule has 0 aliphatic rings. The number of anilines is 2. The zero-order valence-electron chi connectivity index (χ0n) is 18.0. The average Bonchev–Trinajstić information content (AvgIpc) is 3.33. The van der Waals surface area contributed by atoms with Gasteiger partial charge in [-0.15, -0.1) is 11.3 Å². The van der Waals surface area contributed by atoms with Crippen molar-refractivity contribution in [2.45, 2.75) is 25.5 Å². The summed E-state index contributed by atoms with van der Waals surface area (Å²) in [5.41, 5.74) is 7.03. The van der Waals surface area contributed by atoms with Crippen LogP contribution >= 0.6 is 11.3 Å². The van der Waals surface area contributed by atoms with Crippen LogP contribution in [0.2, 0.25) is 0 Å². The normalized spacial score (nSPS) is 12.8. The van der Waals surface area contributed by atoms with Gasteiger partial charge in [0, 0.05) is 22.1 Å². The Kier molecular flexibility index (Phi) is 6.67. The van der Waals surface area contributed by atoms with E-state index in [0.717, 1.165) is 16.7 Å². The van der Waals surface area contributed by atoms with Crippen LogP contribution in [0.25, 0.3) is 10.8 Å². The molecule has 2 unspecified atom stereocenters. The van der Waals surface area contributed by atoms with Crippen molar-refractivity contribution in [1.29, 1.82) is 0 Å². The van der Waals surface area contributed by atoms with Crippen LogP contribution < -0.4 is 16.4 Å². The Bertz CT molecular complexity index is 1290. The number of nitrogens with one attached hydrogen (secondary N) is 2. The molecule has 4 rings (SSSR count). The summed E-state index contributed by atoms with van der Waals surface area (Å²) in [5, 5.41) is 18.1. The first-order valence-corrected chi connectivity index (χ1v) is 11.4. The molecule has 168 valence electrons. The first-order valence-electron chi connectivity index (χ1n) is 10.5. The molecule has 8 heteroatoms. The van der Waals surface area contributed by atoms with E-state index in [9.17, 15) is 14.7 Å². The van der Waals surface area contributed by atoms with Gasteiger partial charge in [-0.05, 0) is 47.7 Å². The van der Waals surface area contributed by atoms with Gasteiger partial charge in [0.05, 0.1) is 10.9 Å². The zero-order valence-corrected chi connectivity index (χ0v) is 18.8. The summed E-state index contributed by atoms with van der Waals surface area (Å²) in [6, 6.07) is 18.7. The lowest BCUT2D eigenvalue weighted by Crippen LogP contribution is -2.42. The van der Waals surface area contributed by atoms with E-state index in [-0.39, 0.29) is 5.91 Å². The lowest BCUT2D eigenvalue weighted by Gasteiger charge is -2.24. The number of aromatic nitrogens is 1. The number of nitrogen functional groups attached to an aromatic ring is 1. The second-order valence-corrected chi connectivity index (χ2v) is 8.72. The topological polar surface area (TPSA) is 117 Å². The van der Waals surface area contributed by atoms with Crippen LogP contribution in [0.1, 0.15) is 33.1 Å². The van der Waals surface area contributed by atoms with Gasteiger partial charge >= 0.3 is 0 Å². The Labute approximate surface area is 195 Å². The predicted octanol–water partition coefficient (Wildman–Crippen LogP) is 3.91. The second-order valence-electron chi connectivity index (χ2n) is 7.55. The van der Waals surface area contributed by atoms with E-state index in [1.165, 1.54) is 11.3 Å². The molecule has 0 fully saturated rings. The molecule has 0 saturated heterocycles. The molecular weight excluding hydrogens is 436 g/mol. The van der Waals surface area contributed by atoms with Crippen molar-refractivity contribution >= 4 is 45.4 Å². The van der Waals surface area contributed by atoms with Crippen LogP contribution in [-0.4, -0.2) is 28.0 Å². The third kappa shape index (κ3) is 5.02. The smallest absolute Gasteiger partial charge is 0.261 e. The average molecular weight is 461 g/mol. The number of benzene rings is 2. The zero-order chi connectivity index (χ0) is 23.4. The lowest BCUT2D eigenvalue weighted by molar-refractivity contribution is -0.125. The van der Waals surface area contributed by atoms with E-state index in [1.807, 2.05) is 31.2 Å². The lowest BCUT2D eigenvalue weighted by atomic mass is 10.0. The number of aryl methyl sites for hydroxylation is 1. The van der Waals surface area contributed by atoms with Gasteiger partial charge in [0.1, 0.15) is 5.82 Å². The Morgan fingerprint density at radius 1 is 1.09 bits per heavy atom. The van der Waals surface area contributed by atoms with Gasteiger partial charge in [0.2, 0.25) is 0 Å². The number of amides is 2. The fourth-order valence-corrected chi connectivity index (χ4v) is 4.39. The number of thiophene rings is 1. The fraction of sp³-hybridized carbons (Fsp3) is 0.160. The van der Waals surface area contributed by atoms with Crippen molar-refractivity contribution in [3.63, 3.8) is 0 Å². The maximum atomic E-state index is 13.0. The molecule has 5 N–H and O–H groups in total. The fourth-order valence-electron chi connectivity index (χ4n) is 3.54. The van der Waals surface area contributed by atoms with Crippen molar-refractivity contribution in [1.82, 2.24) is 10.3 Å². The van der Waals surface area contributed by atoms with Crippen LogP contribution in [0.15, 0.2) is 72.9 Å². The van der Waals surface area contributed by atoms with Crippen LogP contribution in [0.3, 0.4) is 0 Å². The van der Waals surface area contributed by atoms with Crippen molar-refractivity contribution < 1.29 is 14.7 Å². The summed E-state index contributed by atoms with van der Waals surface area (Å²) >= 11 is 1.39. The van der Waals surface area contributed by atoms with Crippen LogP contribution in [0.5, 0.6) is 0 Å². The summed E-state index contributed by atoms with van der Waals surface area (Å²) in [6.45, 7) is 2.02. The molecule has 0 saturated carbocycles. The number of fused-ring (bicyclic) bond motifs is 1. The van der Waals surface area contributed by atoms with Crippen molar-refractivity contribution in [2.24, 2.45) is 0 Å². The Morgan fingerprint density at radius 3 is 2.61 bits per heavy atom. The molecule has 0 bridgehead atoms. The number of nitrogens with two attached hydrogens (primary N) is 1. The minimum absolute atomic E-state index is 0.343. The van der Waals surface area contributed by atoms with Gasteiger partial charge in [0.25, 0.3) is 11.8 Å². The number of aliphatic hydroxyl groups excluding tert-OH is 1. The number of rotatable bonds is 7. The van der Waals surface area contributed by atoms with E-state index >= 15 is 0 Å². The van der Waals surface area contributed by atoms with E-state index in [2.05, 4.69) is 15.6 Å². The second kappa shape index (κ2) is 9.81. The molecule has 0 aliphatic heterocycles. The standard InChI is InChI=1S/C25H24N4O3S/c1-2-18-10-11-20(33-18)24(31)29-21(16-6-4-3-5-7-16)22(30)25(32)28-17-9-8-15-12-13-27-23(26)19(15)14-17/h3-14,21-22,30H,2H2,1H3,(H2,26,27)(H,28,32)(H,29,31). The Morgan fingerprint density at radius 2 is 1.88 bits per heavy atom. The van der Waals surface area contributed by atoms with Gasteiger partial charge in [-0.1, -0.05) is 43.3 Å². The van der Waals surface area contributed by atoms with Gasteiger partial charge in [-0.2, -0.15) is 0 Å². The molecule has 2 aromatic heterocycles. The highest BCUT2D eigenvalue weighted by Gasteiger charge is 2.30. The molecular formula is C25H24N4O3S. The minimum atomic E-state index is -1.52. The quantitative estimate of drug-likeness (QED) is 0.334. The van der Waals surface area contributed by atoms with E-state index in [1.54, 1.807) is 48.7 Å². The molecule has 2 atom stereocenters. The summed E-state index contributed by atoms with van der Waals surface area (Å²) in [5.74, 6) is -0.641. The number of pyridine rings is 1. The van der Waals surface area contributed by atoms with Crippen molar-refractivity contribution in [3.05, 3.63) is 88.2 Å². The van der Waals surface area contributed by atoms with E-state index in [0.29, 0.717) is 27.3 Å². The van der Waals surface area contributed by atoms with Gasteiger partial charge < -0.3 is 21.5 Å². The van der Waals surface area contributed by atoms with Crippen LogP contribution in [0.4, 0.5) is 11.5 Å². The predicted molar refractivity (Wildman–Crippen MR) is 131 cm³/mol. The van der Waals surface area contributed by atoms with E-state index in [4.69, 9.17) is 5.73 Å². The first-order chi connectivity index (χ1) is 16.0. The first kappa shape index (κ1) is 22.4. The number of hydrogen-bond acceptors (Lipinski definition) is 6. The highest BCUT2D eigenvalue weighted by Crippen LogP contribution is 2.25. The van der Waals surface area contributed by atoms with Gasteiger partial charge in [-0.25, -0.2) is 4.98 Å². The number of carbonyl (C=O) groups excluding carboxylic acids is 2. The maximum Gasteiger partial charge on any atom is 0.261 e.